The van der Waals surface area contributed by atoms with E-state index >= 15 is 0 Å². The number of carboxylic acids is 4. The van der Waals surface area contributed by atoms with Gasteiger partial charge in [0.2, 0.25) is 0 Å². The summed E-state index contributed by atoms with van der Waals surface area (Å²) in [6.07, 6.45) is 91.3. The lowest BCUT2D eigenvalue weighted by molar-refractivity contribution is -0.144. The molecule has 0 aliphatic carbocycles. The molecule has 0 bridgehead atoms. The van der Waals surface area contributed by atoms with E-state index in [4.69, 9.17) is 25.0 Å². The summed E-state index contributed by atoms with van der Waals surface area (Å²) in [5.74, 6) is -3.20. The Morgan fingerprint density at radius 1 is 0.229 bits per heavy atom. The van der Waals surface area contributed by atoms with Crippen LogP contribution in [0.3, 0.4) is 0 Å². The smallest absolute Gasteiger partial charge is 0.306 e. The van der Waals surface area contributed by atoms with Crippen LogP contribution in [0.15, 0.2) is 0 Å². The van der Waals surface area contributed by atoms with Crippen molar-refractivity contribution in [1.29, 1.82) is 0 Å². The number of ketones is 1. The molecule has 0 rings (SSSR count). The average Bonchev–Trinajstić information content (AvgIpc) is 1.02. The molecule has 0 aromatic carbocycles. The number of carbonyl (C=O) groups excluding carboxylic acids is 1. The van der Waals surface area contributed by atoms with Gasteiger partial charge in [0.05, 0.1) is 11.7 Å². The van der Waals surface area contributed by atoms with E-state index in [0.29, 0.717) is 38.5 Å². The first kappa shape index (κ1) is 121. The van der Waals surface area contributed by atoms with Crippen molar-refractivity contribution < 1.29 is 57.4 Å². The van der Waals surface area contributed by atoms with Gasteiger partial charge in [-0.1, -0.05) is 482 Å². The highest BCUT2D eigenvalue weighted by Crippen LogP contribution is 2.20. The zero-order chi connectivity index (χ0) is 75.7. The van der Waals surface area contributed by atoms with Gasteiger partial charge in [0.25, 0.3) is 10.1 Å². The highest BCUT2D eigenvalue weighted by atomic mass is 32.2. The molecule has 0 fully saturated rings. The number of Topliss-reactive ketones (excluding diaryl/α,β-unsaturated/α-hetero) is 1. The van der Waals surface area contributed by atoms with Gasteiger partial charge in [0.1, 0.15) is 5.78 Å². The highest BCUT2D eigenvalue weighted by molar-refractivity contribution is 7.85. The zero-order valence-corrected chi connectivity index (χ0v) is 69.1. The van der Waals surface area contributed by atoms with Crippen molar-refractivity contribution in [3.05, 3.63) is 0 Å². The molecule has 1 atom stereocenters. The van der Waals surface area contributed by atoms with Gasteiger partial charge in [-0.3, -0.25) is 28.5 Å². The monoisotopic (exact) mass is 1520 g/mol. The molecule has 0 aliphatic heterocycles. The Morgan fingerprint density at radius 3 is 0.524 bits per heavy atom. The second kappa shape index (κ2) is 108. The highest BCUT2D eigenvalue weighted by Gasteiger charge is 2.20. The van der Waals surface area contributed by atoms with Gasteiger partial charge in [-0.25, -0.2) is 0 Å². The third-order valence-corrected chi connectivity index (χ3v) is 20.6. The van der Waals surface area contributed by atoms with Gasteiger partial charge in [0.15, 0.2) is 0 Å². The summed E-state index contributed by atoms with van der Waals surface area (Å²) in [6, 6.07) is 0. The van der Waals surface area contributed by atoms with E-state index < -0.39 is 39.9 Å². The van der Waals surface area contributed by atoms with Crippen LogP contribution < -0.4 is 0 Å². The molecule has 0 heterocycles. The van der Waals surface area contributed by atoms with E-state index in [-0.39, 0.29) is 47.7 Å². The first-order chi connectivity index (χ1) is 49.0. The Balaban J connectivity index is -0.000000156. The normalized spacial score (nSPS) is 10.9. The molecule has 0 saturated heterocycles. The molecule has 12 nitrogen and oxygen atoms in total. The van der Waals surface area contributed by atoms with Crippen LogP contribution >= 0.6 is 0 Å². The summed E-state index contributed by atoms with van der Waals surface area (Å²) in [7, 11) is -3.74. The van der Waals surface area contributed by atoms with Crippen molar-refractivity contribution in [3.8, 4) is 0 Å². The fraction of sp³-hybridized carbons (Fsp3) is 0.946. The molecule has 638 valence electrons. The van der Waals surface area contributed by atoms with Crippen LogP contribution in [0, 0.1) is 5.92 Å². The van der Waals surface area contributed by atoms with Crippen molar-refractivity contribution in [2.45, 2.75) is 553 Å². The van der Waals surface area contributed by atoms with Crippen molar-refractivity contribution in [2.24, 2.45) is 5.92 Å². The molecule has 1 unspecified atom stereocenters. The third kappa shape index (κ3) is 131. The SMILES string of the molecule is C.C.C.C.CCCCCCCCCCCCCC(=O)O.CCCCCCCCCCCCCCCC(=O)CC(CCC)C(=O)O.CCCCCCCCCCCCCCCC(=O)O.CCCCCCCCCCCCCCCCCCCC(=O)O.CCCCCCCCCCCCCCCCS(=O)(=O)O. The molecule has 0 spiro atoms. The van der Waals surface area contributed by atoms with Crippen molar-refractivity contribution >= 4 is 39.8 Å². The number of carboxylic acid groups (broad SMARTS) is 4. The zero-order valence-electron chi connectivity index (χ0n) is 68.3. The van der Waals surface area contributed by atoms with Crippen LogP contribution in [0.4, 0.5) is 0 Å². The van der Waals surface area contributed by atoms with Gasteiger partial charge in [-0.15, -0.1) is 0 Å². The first-order valence-corrected chi connectivity index (χ1v) is 45.9. The van der Waals surface area contributed by atoms with Crippen LogP contribution in [0.1, 0.15) is 553 Å². The fourth-order valence-electron chi connectivity index (χ4n) is 13.1. The summed E-state index contributed by atoms with van der Waals surface area (Å²) in [5.41, 5.74) is 0. The molecule has 0 aromatic heterocycles. The van der Waals surface area contributed by atoms with Crippen molar-refractivity contribution in [1.82, 2.24) is 0 Å². The summed E-state index contributed by atoms with van der Waals surface area (Å²) >= 11 is 0. The fourth-order valence-corrected chi connectivity index (χ4v) is 13.7. The van der Waals surface area contributed by atoms with Crippen LogP contribution in [0.25, 0.3) is 0 Å². The summed E-state index contributed by atoms with van der Waals surface area (Å²) < 4.78 is 29.6. The number of unbranched alkanes of at least 4 members (excludes halogenated alkanes) is 63. The van der Waals surface area contributed by atoms with Crippen molar-refractivity contribution in [2.75, 3.05) is 5.75 Å². The lowest BCUT2D eigenvalue weighted by atomic mass is 9.95. The van der Waals surface area contributed by atoms with Gasteiger partial charge in [0, 0.05) is 32.1 Å². The summed E-state index contributed by atoms with van der Waals surface area (Å²) in [5, 5.41) is 34.6. The largest absolute Gasteiger partial charge is 0.481 e. The number of carbonyl (C=O) groups is 5. The number of rotatable bonds is 78. The summed E-state index contributed by atoms with van der Waals surface area (Å²) in [6.45, 7) is 13.3. The number of hydrogen-bond acceptors (Lipinski definition) is 7. The van der Waals surface area contributed by atoms with E-state index in [2.05, 4.69) is 34.6 Å². The molecule has 0 aliphatic rings. The molecule has 5 N–H and O–H groups in total. The minimum atomic E-state index is -3.74. The third-order valence-electron chi connectivity index (χ3n) is 19.8. The predicted molar refractivity (Wildman–Crippen MR) is 463 cm³/mol. The quantitative estimate of drug-likeness (QED) is 0.0284. The Hall–Kier alpha value is -2.54. The minimum Gasteiger partial charge on any atom is -0.481 e. The lowest BCUT2D eigenvalue weighted by Crippen LogP contribution is -2.17. The molecule has 0 aromatic rings. The van der Waals surface area contributed by atoms with E-state index in [1.165, 1.54) is 366 Å². The Morgan fingerprint density at radius 2 is 0.381 bits per heavy atom. The number of hydrogen-bond donors (Lipinski definition) is 5. The van der Waals surface area contributed by atoms with Crippen molar-refractivity contribution in [3.63, 3.8) is 0 Å². The standard InChI is InChI=1S/C22H42O3.C20H40O2.C16H34O3S.C16H32O2.C14H28O2.4CH4/c1-3-5-6-7-8-9-10-11-12-13-14-15-16-18-21(23)19-20(17-4-2)22(24)25;1-2-3-4-5-6-7-8-9-10-11-12-13-14-15-16-17-18-19-20(21)22;1-2-3-4-5-6-7-8-9-10-11-12-13-14-15-16-20(17,18)19;1-2-3-4-5-6-7-8-9-10-11-12-13-14-15-16(17)18;1-2-3-4-5-6-7-8-9-10-11-12-13-14(15)16;;;;/h20H,3-19H2,1-2H3,(H,24,25);2-19H2,1H3,(H,21,22);2-16H2,1H3,(H,17,18,19);2-15H2,1H3,(H,17,18);2-13H2,1H3,(H,15,16);4*1H4. The lowest BCUT2D eigenvalue weighted by Gasteiger charge is -2.09. The Bertz CT molecular complexity index is 1740. The van der Waals surface area contributed by atoms with Gasteiger partial charge < -0.3 is 20.4 Å². The molecule has 0 amide bonds. The molecule has 0 saturated carbocycles. The second-order valence-corrected chi connectivity index (χ2v) is 31.9. The van der Waals surface area contributed by atoms with E-state index in [1.54, 1.807) is 0 Å². The second-order valence-electron chi connectivity index (χ2n) is 30.3. The molecule has 0 radical (unpaired) electrons. The first-order valence-electron chi connectivity index (χ1n) is 44.3. The van der Waals surface area contributed by atoms with E-state index in [0.717, 1.165) is 70.6 Å². The Kier molecular flexibility index (Phi) is 124. The summed E-state index contributed by atoms with van der Waals surface area (Å²) in [4.78, 5) is 53.9. The minimum absolute atomic E-state index is 0. The van der Waals surface area contributed by atoms with E-state index in [9.17, 15) is 32.4 Å². The molecular formula is C92H192O12S. The maximum absolute atomic E-state index is 11.9. The average molecular weight is 1520 g/mol. The van der Waals surface area contributed by atoms with Gasteiger partial charge in [-0.2, -0.15) is 8.42 Å². The molecule has 13 heteroatoms. The van der Waals surface area contributed by atoms with Crippen LogP contribution in [0.5, 0.6) is 0 Å². The maximum atomic E-state index is 11.9. The molecular weight excluding hydrogens is 1330 g/mol. The predicted octanol–water partition coefficient (Wildman–Crippen LogP) is 32.3. The maximum Gasteiger partial charge on any atom is 0.306 e. The van der Waals surface area contributed by atoms with Crippen LogP contribution in [0.2, 0.25) is 0 Å². The number of aliphatic carboxylic acids is 4. The topological polar surface area (TPSA) is 221 Å². The van der Waals surface area contributed by atoms with E-state index in [1.807, 2.05) is 6.92 Å². The van der Waals surface area contributed by atoms with Gasteiger partial charge >= 0.3 is 23.9 Å². The van der Waals surface area contributed by atoms with Gasteiger partial charge in [-0.05, 0) is 38.5 Å². The van der Waals surface area contributed by atoms with Crippen LogP contribution in [-0.4, -0.2) is 68.8 Å². The Labute approximate surface area is 658 Å². The molecule has 105 heavy (non-hydrogen) atoms. The van der Waals surface area contributed by atoms with Crippen LogP contribution in [-0.2, 0) is 34.1 Å².